The zero-order valence-corrected chi connectivity index (χ0v) is 11.1. The van der Waals surface area contributed by atoms with E-state index in [2.05, 4.69) is 20.4 Å². The van der Waals surface area contributed by atoms with Crippen LogP contribution in [0, 0.1) is 0 Å². The summed E-state index contributed by atoms with van der Waals surface area (Å²) in [5.74, 6) is 1.17. The molecule has 3 aromatic rings. The number of hydrogen-bond acceptors (Lipinski definition) is 7. The molecule has 0 unspecified atom stereocenters. The van der Waals surface area contributed by atoms with E-state index in [1.165, 1.54) is 17.6 Å². The molecule has 0 aromatic carbocycles. The first-order chi connectivity index (χ1) is 9.81. The molecule has 0 aliphatic rings. The Balaban J connectivity index is 1.55. The highest BCUT2D eigenvalue weighted by Crippen LogP contribution is 2.16. The van der Waals surface area contributed by atoms with E-state index in [0.717, 1.165) is 0 Å². The van der Waals surface area contributed by atoms with E-state index < -0.39 is 0 Å². The zero-order valence-electron chi connectivity index (χ0n) is 10.3. The molecule has 0 aliphatic heterocycles. The lowest BCUT2D eigenvalue weighted by Gasteiger charge is -1.98. The van der Waals surface area contributed by atoms with Gasteiger partial charge in [-0.05, 0) is 12.1 Å². The van der Waals surface area contributed by atoms with Gasteiger partial charge in [0.1, 0.15) is 0 Å². The molecule has 0 bridgehead atoms. The van der Waals surface area contributed by atoms with Crippen LogP contribution in [0.15, 0.2) is 38.9 Å². The maximum Gasteiger partial charge on any atom is 0.238 e. The summed E-state index contributed by atoms with van der Waals surface area (Å²) in [4.78, 5) is 19.8. The monoisotopic (exact) mass is 290 g/mol. The number of carbonyl (C=O) groups excluding carboxylic acids is 1. The molecule has 7 nitrogen and oxygen atoms in total. The van der Waals surface area contributed by atoms with Crippen LogP contribution in [0.1, 0.15) is 12.3 Å². The number of furan rings is 1. The fourth-order valence-electron chi connectivity index (χ4n) is 1.55. The van der Waals surface area contributed by atoms with Crippen molar-refractivity contribution in [2.45, 2.75) is 12.8 Å². The van der Waals surface area contributed by atoms with Crippen molar-refractivity contribution in [3.8, 4) is 11.6 Å². The van der Waals surface area contributed by atoms with Gasteiger partial charge in [0.25, 0.3) is 0 Å². The van der Waals surface area contributed by atoms with E-state index in [9.17, 15) is 4.79 Å². The summed E-state index contributed by atoms with van der Waals surface area (Å²) < 4.78 is 10.2. The largest absolute Gasteiger partial charge is 0.461 e. The minimum atomic E-state index is -0.141. The van der Waals surface area contributed by atoms with Gasteiger partial charge in [0.15, 0.2) is 10.9 Å². The Morgan fingerprint density at radius 3 is 3.15 bits per heavy atom. The first-order valence-corrected chi connectivity index (χ1v) is 6.75. The van der Waals surface area contributed by atoms with Gasteiger partial charge in [-0.25, -0.2) is 4.98 Å². The predicted molar refractivity (Wildman–Crippen MR) is 71.1 cm³/mol. The second kappa shape index (κ2) is 5.66. The van der Waals surface area contributed by atoms with Gasteiger partial charge in [0.2, 0.25) is 17.6 Å². The minimum absolute atomic E-state index is 0.141. The van der Waals surface area contributed by atoms with Gasteiger partial charge < -0.3 is 14.3 Å². The van der Waals surface area contributed by atoms with Crippen LogP contribution in [-0.4, -0.2) is 21.0 Å². The Kier molecular flexibility index (Phi) is 3.55. The fourth-order valence-corrected chi connectivity index (χ4v) is 2.09. The van der Waals surface area contributed by atoms with E-state index in [-0.39, 0.29) is 12.3 Å². The van der Waals surface area contributed by atoms with Gasteiger partial charge in [-0.2, -0.15) is 4.98 Å². The molecule has 102 valence electrons. The van der Waals surface area contributed by atoms with Crippen molar-refractivity contribution in [1.82, 2.24) is 15.1 Å². The minimum Gasteiger partial charge on any atom is -0.461 e. The first kappa shape index (κ1) is 12.5. The number of nitrogens with zero attached hydrogens (tertiary/aromatic N) is 3. The number of amides is 1. The molecule has 0 fully saturated rings. The average molecular weight is 290 g/mol. The molecule has 0 atom stereocenters. The Bertz CT molecular complexity index is 675. The van der Waals surface area contributed by atoms with Crippen LogP contribution in [-0.2, 0) is 11.2 Å². The van der Waals surface area contributed by atoms with E-state index in [4.69, 9.17) is 8.94 Å². The highest BCUT2D eigenvalue weighted by atomic mass is 32.1. The molecule has 8 heteroatoms. The molecule has 0 radical (unpaired) electrons. The van der Waals surface area contributed by atoms with E-state index >= 15 is 0 Å². The molecule has 0 spiro atoms. The van der Waals surface area contributed by atoms with Crippen molar-refractivity contribution in [3.05, 3.63) is 35.9 Å². The van der Waals surface area contributed by atoms with Crippen LogP contribution in [0.3, 0.4) is 0 Å². The lowest BCUT2D eigenvalue weighted by atomic mass is 10.3. The van der Waals surface area contributed by atoms with Crippen LogP contribution in [0.2, 0.25) is 0 Å². The van der Waals surface area contributed by atoms with Crippen LogP contribution in [0.5, 0.6) is 0 Å². The van der Waals surface area contributed by atoms with Crippen LogP contribution < -0.4 is 5.32 Å². The van der Waals surface area contributed by atoms with Gasteiger partial charge >= 0.3 is 0 Å². The Morgan fingerprint density at radius 2 is 2.40 bits per heavy atom. The number of hydrogen-bond donors (Lipinski definition) is 1. The third-order valence-electron chi connectivity index (χ3n) is 2.45. The summed E-state index contributed by atoms with van der Waals surface area (Å²) in [5, 5.41) is 8.85. The van der Waals surface area contributed by atoms with Crippen molar-refractivity contribution in [3.63, 3.8) is 0 Å². The average Bonchev–Trinajstić information content (AvgIpc) is 3.18. The highest BCUT2D eigenvalue weighted by Gasteiger charge is 2.12. The lowest BCUT2D eigenvalue weighted by Crippen LogP contribution is -2.12. The molecular formula is C12H10N4O3S. The molecule has 3 rings (SSSR count). The lowest BCUT2D eigenvalue weighted by molar-refractivity contribution is -0.116. The van der Waals surface area contributed by atoms with Gasteiger partial charge in [0.05, 0.1) is 6.26 Å². The van der Waals surface area contributed by atoms with Gasteiger partial charge in [0, 0.05) is 24.4 Å². The standard InChI is InChI=1S/C12H10N4O3S/c17-9(14-12-13-5-7-20-12)3-4-10-15-11(16-19-10)8-2-1-6-18-8/h1-2,5-7H,3-4H2,(H,13,14,17). The van der Waals surface area contributed by atoms with Crippen molar-refractivity contribution in [1.29, 1.82) is 0 Å². The number of nitrogens with one attached hydrogen (secondary N) is 1. The summed E-state index contributed by atoms with van der Waals surface area (Å²) in [6, 6.07) is 3.48. The summed E-state index contributed by atoms with van der Waals surface area (Å²) in [5.41, 5.74) is 0. The molecule has 0 saturated carbocycles. The highest BCUT2D eigenvalue weighted by molar-refractivity contribution is 7.13. The smallest absolute Gasteiger partial charge is 0.238 e. The quantitative estimate of drug-likeness (QED) is 0.775. The molecule has 3 heterocycles. The second-order valence-electron chi connectivity index (χ2n) is 3.87. The number of anilines is 1. The fraction of sp³-hybridized carbons (Fsp3) is 0.167. The zero-order chi connectivity index (χ0) is 13.8. The van der Waals surface area contributed by atoms with E-state index in [1.807, 2.05) is 0 Å². The number of carbonyl (C=O) groups is 1. The summed E-state index contributed by atoms with van der Waals surface area (Å²) in [6.07, 6.45) is 3.78. The van der Waals surface area contributed by atoms with Crippen molar-refractivity contribution in [2.24, 2.45) is 0 Å². The number of aromatic nitrogens is 3. The summed E-state index contributed by atoms with van der Waals surface area (Å²) in [6.45, 7) is 0. The topological polar surface area (TPSA) is 94.0 Å². The predicted octanol–water partition coefficient (Wildman–Crippen LogP) is 2.36. The van der Waals surface area contributed by atoms with Crippen molar-refractivity contribution >= 4 is 22.4 Å². The Hall–Kier alpha value is -2.48. The Labute approximate surface area is 117 Å². The van der Waals surface area contributed by atoms with Gasteiger partial charge in [-0.3, -0.25) is 4.79 Å². The molecular weight excluding hydrogens is 280 g/mol. The Morgan fingerprint density at radius 1 is 1.45 bits per heavy atom. The van der Waals surface area contributed by atoms with Crippen LogP contribution in [0.25, 0.3) is 11.6 Å². The third-order valence-corrected chi connectivity index (χ3v) is 3.14. The van der Waals surface area contributed by atoms with E-state index in [1.54, 1.807) is 23.7 Å². The van der Waals surface area contributed by atoms with Crippen LogP contribution in [0.4, 0.5) is 5.13 Å². The van der Waals surface area contributed by atoms with Gasteiger partial charge in [-0.1, -0.05) is 5.16 Å². The summed E-state index contributed by atoms with van der Waals surface area (Å²) in [7, 11) is 0. The maximum absolute atomic E-state index is 11.7. The number of thiazole rings is 1. The second-order valence-corrected chi connectivity index (χ2v) is 4.77. The molecule has 0 saturated heterocycles. The first-order valence-electron chi connectivity index (χ1n) is 5.87. The summed E-state index contributed by atoms with van der Waals surface area (Å²) >= 11 is 1.37. The third kappa shape index (κ3) is 2.91. The number of rotatable bonds is 5. The van der Waals surface area contributed by atoms with Crippen molar-refractivity contribution < 1.29 is 13.7 Å². The SMILES string of the molecule is O=C(CCc1nc(-c2ccco2)no1)Nc1nccs1. The molecule has 3 aromatic heterocycles. The van der Waals surface area contributed by atoms with E-state index in [0.29, 0.717) is 29.0 Å². The molecule has 1 N–H and O–H groups in total. The normalized spacial score (nSPS) is 10.6. The van der Waals surface area contributed by atoms with Crippen LogP contribution >= 0.6 is 11.3 Å². The molecule has 0 aliphatic carbocycles. The van der Waals surface area contributed by atoms with Crippen molar-refractivity contribution in [2.75, 3.05) is 5.32 Å². The molecule has 20 heavy (non-hydrogen) atoms. The number of aryl methyl sites for hydroxylation is 1. The maximum atomic E-state index is 11.7. The van der Waals surface area contributed by atoms with Gasteiger partial charge in [-0.15, -0.1) is 11.3 Å². The molecule has 1 amide bonds.